The van der Waals surface area contributed by atoms with Gasteiger partial charge in [-0.1, -0.05) is 44.2 Å². The summed E-state index contributed by atoms with van der Waals surface area (Å²) in [7, 11) is 0. The molecule has 0 aromatic carbocycles. The normalized spacial score (nSPS) is 9.83. The Bertz CT molecular complexity index is 1290. The maximum atomic E-state index is 14.5. The van der Waals surface area contributed by atoms with Crippen LogP contribution in [-0.2, 0) is 0 Å². The van der Waals surface area contributed by atoms with Crippen LogP contribution < -0.4 is 0 Å². The highest BCUT2D eigenvalue weighted by Gasteiger charge is 2.18. The highest BCUT2D eigenvalue weighted by molar-refractivity contribution is 5.68. The summed E-state index contributed by atoms with van der Waals surface area (Å²) < 4.78 is 33.7. The SMILES string of the molecule is C=CC=C(C)C.CC.Cc1ccc(-c2nnc(-c3cc(-c4cncc(F)c4)c(F)c(C)n3)o2)nc1. The maximum Gasteiger partial charge on any atom is 0.266 e. The van der Waals surface area contributed by atoms with E-state index in [2.05, 4.69) is 31.7 Å². The first-order valence-corrected chi connectivity index (χ1v) is 11.1. The van der Waals surface area contributed by atoms with Crippen LogP contribution in [-0.4, -0.2) is 25.1 Å². The van der Waals surface area contributed by atoms with E-state index in [0.717, 1.165) is 11.8 Å². The average Bonchev–Trinajstić information content (AvgIpc) is 3.33. The second kappa shape index (κ2) is 13.0. The Kier molecular flexibility index (Phi) is 10.1. The number of pyridine rings is 3. The fraction of sp³-hybridized carbons (Fsp3) is 0.222. The zero-order valence-electron chi connectivity index (χ0n) is 20.8. The highest BCUT2D eigenvalue weighted by Crippen LogP contribution is 2.29. The van der Waals surface area contributed by atoms with E-state index in [9.17, 15) is 8.78 Å². The largest absolute Gasteiger partial charge is 0.413 e. The van der Waals surface area contributed by atoms with Crippen molar-refractivity contribution >= 4 is 0 Å². The molecule has 0 fully saturated rings. The molecule has 182 valence electrons. The summed E-state index contributed by atoms with van der Waals surface area (Å²) in [5.74, 6) is -0.789. The number of rotatable bonds is 4. The smallest absolute Gasteiger partial charge is 0.266 e. The maximum absolute atomic E-state index is 14.5. The average molecular weight is 478 g/mol. The molecule has 35 heavy (non-hydrogen) atoms. The predicted octanol–water partition coefficient (Wildman–Crippen LogP) is 7.32. The van der Waals surface area contributed by atoms with E-state index in [1.807, 2.05) is 46.8 Å². The van der Waals surface area contributed by atoms with Crippen LogP contribution in [0.1, 0.15) is 39.0 Å². The molecular weight excluding hydrogens is 448 g/mol. The minimum absolute atomic E-state index is 0.112. The number of aryl methyl sites for hydroxylation is 2. The van der Waals surface area contributed by atoms with Gasteiger partial charge in [0, 0.05) is 23.5 Å². The molecule has 0 saturated heterocycles. The third kappa shape index (κ3) is 7.46. The first-order valence-electron chi connectivity index (χ1n) is 11.1. The minimum atomic E-state index is -0.564. The Balaban J connectivity index is 0.000000474. The van der Waals surface area contributed by atoms with Gasteiger partial charge >= 0.3 is 0 Å². The van der Waals surface area contributed by atoms with E-state index in [1.54, 1.807) is 18.3 Å². The van der Waals surface area contributed by atoms with E-state index in [4.69, 9.17) is 4.42 Å². The lowest BCUT2D eigenvalue weighted by Gasteiger charge is -2.07. The number of halogens is 2. The van der Waals surface area contributed by atoms with Gasteiger partial charge in [-0.2, -0.15) is 0 Å². The van der Waals surface area contributed by atoms with Crippen LogP contribution in [0.2, 0.25) is 0 Å². The number of aromatic nitrogens is 5. The van der Waals surface area contributed by atoms with Gasteiger partial charge in [0.1, 0.15) is 17.2 Å². The number of hydrogen-bond acceptors (Lipinski definition) is 6. The molecule has 0 unspecified atom stereocenters. The number of allylic oxidation sites excluding steroid dienone is 3. The van der Waals surface area contributed by atoms with Crippen molar-refractivity contribution in [3.63, 3.8) is 0 Å². The van der Waals surface area contributed by atoms with Gasteiger partial charge in [-0.15, -0.1) is 10.2 Å². The van der Waals surface area contributed by atoms with Gasteiger partial charge in [0.25, 0.3) is 11.8 Å². The van der Waals surface area contributed by atoms with E-state index in [1.165, 1.54) is 30.8 Å². The first kappa shape index (κ1) is 27.2. The molecule has 4 aromatic heterocycles. The molecule has 0 saturated carbocycles. The minimum Gasteiger partial charge on any atom is -0.413 e. The van der Waals surface area contributed by atoms with Crippen LogP contribution in [0, 0.1) is 25.5 Å². The quantitative estimate of drug-likeness (QED) is 0.287. The molecule has 0 radical (unpaired) electrons. The fourth-order valence-corrected chi connectivity index (χ4v) is 2.80. The van der Waals surface area contributed by atoms with E-state index < -0.39 is 11.6 Å². The van der Waals surface area contributed by atoms with Gasteiger partial charge in [-0.3, -0.25) is 9.97 Å². The molecule has 0 atom stereocenters. The molecule has 0 bridgehead atoms. The molecule has 0 amide bonds. The standard InChI is InChI=1S/C19H13F2N5O.C6H10.C2H6/c1-10-3-4-15(23-7-10)18-25-26-19(27-18)16-6-14(17(21)11(2)24-16)12-5-13(20)9-22-8-12;1-4-5-6(2)3;1-2/h3-9H,1-2H3;4-5H,1H2,2-3H3;1-2H3. The van der Waals surface area contributed by atoms with Gasteiger partial charge in [0.05, 0.1) is 11.9 Å². The summed E-state index contributed by atoms with van der Waals surface area (Å²) >= 11 is 0. The topological polar surface area (TPSA) is 77.6 Å². The van der Waals surface area contributed by atoms with Gasteiger partial charge in [0.2, 0.25) is 0 Å². The Morgan fingerprint density at radius 1 is 0.943 bits per heavy atom. The second-order valence-electron chi connectivity index (χ2n) is 7.46. The van der Waals surface area contributed by atoms with E-state index >= 15 is 0 Å². The number of hydrogen-bond donors (Lipinski definition) is 0. The molecule has 0 spiro atoms. The zero-order valence-corrected chi connectivity index (χ0v) is 20.8. The third-order valence-electron chi connectivity index (χ3n) is 4.36. The molecule has 6 nitrogen and oxygen atoms in total. The van der Waals surface area contributed by atoms with Crippen LogP contribution in [0.4, 0.5) is 8.78 Å². The Labute approximate surface area is 204 Å². The summed E-state index contributed by atoms with van der Waals surface area (Å²) in [6.07, 6.45) is 7.87. The van der Waals surface area contributed by atoms with Crippen molar-refractivity contribution in [2.45, 2.75) is 41.5 Å². The van der Waals surface area contributed by atoms with Crippen molar-refractivity contribution in [2.75, 3.05) is 0 Å². The van der Waals surface area contributed by atoms with Crippen LogP contribution in [0.25, 0.3) is 34.3 Å². The molecule has 0 aliphatic carbocycles. The summed E-state index contributed by atoms with van der Waals surface area (Å²) in [6.45, 7) is 15.0. The summed E-state index contributed by atoms with van der Waals surface area (Å²) in [5, 5.41) is 7.95. The highest BCUT2D eigenvalue weighted by atomic mass is 19.1. The molecule has 4 rings (SSSR count). The van der Waals surface area contributed by atoms with Gasteiger partial charge in [-0.05, 0) is 51.5 Å². The molecular formula is C27H29F2N5O. The summed E-state index contributed by atoms with van der Waals surface area (Å²) in [6, 6.07) is 6.27. The third-order valence-corrected chi connectivity index (χ3v) is 4.36. The van der Waals surface area contributed by atoms with Gasteiger partial charge < -0.3 is 4.42 Å². The summed E-state index contributed by atoms with van der Waals surface area (Å²) in [4.78, 5) is 12.2. The molecule has 8 heteroatoms. The zero-order chi connectivity index (χ0) is 26.0. The monoisotopic (exact) mass is 477 g/mol. The molecule has 4 heterocycles. The van der Waals surface area contributed by atoms with Gasteiger partial charge in [-0.25, -0.2) is 13.8 Å². The van der Waals surface area contributed by atoms with Crippen molar-refractivity contribution in [2.24, 2.45) is 0 Å². The van der Waals surface area contributed by atoms with Crippen LogP contribution >= 0.6 is 0 Å². The number of nitrogens with zero attached hydrogens (tertiary/aromatic N) is 5. The van der Waals surface area contributed by atoms with Crippen LogP contribution in [0.3, 0.4) is 0 Å². The Morgan fingerprint density at radius 3 is 2.17 bits per heavy atom. The van der Waals surface area contributed by atoms with Crippen molar-refractivity contribution in [3.8, 4) is 34.3 Å². The second-order valence-corrected chi connectivity index (χ2v) is 7.46. The fourth-order valence-electron chi connectivity index (χ4n) is 2.80. The van der Waals surface area contributed by atoms with Gasteiger partial charge in [0.15, 0.2) is 5.82 Å². The molecule has 4 aromatic rings. The first-order chi connectivity index (χ1) is 16.8. The van der Waals surface area contributed by atoms with Crippen molar-refractivity contribution in [1.82, 2.24) is 25.1 Å². The van der Waals surface area contributed by atoms with E-state index in [-0.39, 0.29) is 28.7 Å². The van der Waals surface area contributed by atoms with E-state index in [0.29, 0.717) is 11.3 Å². The predicted molar refractivity (Wildman–Crippen MR) is 134 cm³/mol. The molecule has 0 aliphatic heterocycles. The summed E-state index contributed by atoms with van der Waals surface area (Å²) in [5.41, 5.74) is 3.66. The Morgan fingerprint density at radius 2 is 1.63 bits per heavy atom. The lowest BCUT2D eigenvalue weighted by molar-refractivity contribution is 0.576. The van der Waals surface area contributed by atoms with Crippen LogP contribution in [0.5, 0.6) is 0 Å². The lowest BCUT2D eigenvalue weighted by atomic mass is 10.1. The molecule has 0 aliphatic rings. The molecule has 0 N–H and O–H groups in total. The van der Waals surface area contributed by atoms with Crippen molar-refractivity contribution in [3.05, 3.63) is 90.1 Å². The van der Waals surface area contributed by atoms with Crippen molar-refractivity contribution < 1.29 is 13.2 Å². The van der Waals surface area contributed by atoms with Crippen molar-refractivity contribution in [1.29, 1.82) is 0 Å². The lowest BCUT2D eigenvalue weighted by Crippen LogP contribution is -1.97. The Hall–Kier alpha value is -4.07. The van der Waals surface area contributed by atoms with Crippen LogP contribution in [0.15, 0.2) is 71.6 Å².